The first-order chi connectivity index (χ1) is 27.8. The lowest BCUT2D eigenvalue weighted by Crippen LogP contribution is -2.30. The maximum absolute atomic E-state index is 7.02. The van der Waals surface area contributed by atoms with Crippen LogP contribution < -0.4 is 9.47 Å². The molecule has 0 radical (unpaired) electrons. The molecule has 0 unspecified atom stereocenters. The second-order valence-corrected chi connectivity index (χ2v) is 15.3. The Bertz CT molecular complexity index is 2990. The Labute approximate surface area is 326 Å². The molecule has 9 aromatic rings. The predicted molar refractivity (Wildman–Crippen MR) is 223 cm³/mol. The lowest BCUT2D eigenvalue weighted by Gasteiger charge is -2.32. The van der Waals surface area contributed by atoms with Gasteiger partial charge in [-0.3, -0.25) is 0 Å². The van der Waals surface area contributed by atoms with Crippen molar-refractivity contribution >= 4 is 27.2 Å². The lowest BCUT2D eigenvalue weighted by atomic mass is 9.77. The molecule has 7 aromatic carbocycles. The highest BCUT2D eigenvalue weighted by molar-refractivity contribution is 7.19. The summed E-state index contributed by atoms with van der Waals surface area (Å²) in [6, 6.07) is 60.8. The van der Waals surface area contributed by atoms with Gasteiger partial charge in [-0.2, -0.15) is 0 Å². The first kappa shape index (κ1) is 31.2. The number of allylic oxidation sites excluding steroid dienone is 1. The summed E-state index contributed by atoms with van der Waals surface area (Å²) in [7, 11) is 0. The van der Waals surface area contributed by atoms with Gasteiger partial charge in [0.25, 0.3) is 0 Å². The third-order valence-electron chi connectivity index (χ3n) is 11.2. The van der Waals surface area contributed by atoms with Crippen LogP contribution in [0.5, 0.6) is 11.5 Å². The number of benzene rings is 7. The van der Waals surface area contributed by atoms with E-state index < -0.39 is 5.41 Å². The highest BCUT2D eigenvalue weighted by Crippen LogP contribution is 2.66. The zero-order valence-corrected chi connectivity index (χ0v) is 30.6. The monoisotopic (exact) mass is 735 g/mol. The molecular weight excluding hydrogens is 707 g/mol. The van der Waals surface area contributed by atoms with Gasteiger partial charge in [0.05, 0.1) is 0 Å². The summed E-state index contributed by atoms with van der Waals surface area (Å²) >= 11 is 1.82. The summed E-state index contributed by atoms with van der Waals surface area (Å²) in [6.45, 7) is 0. The third kappa shape index (κ3) is 4.39. The molecular formula is C50H29N3O2S. The molecule has 0 bridgehead atoms. The topological polar surface area (TPSA) is 57.1 Å². The van der Waals surface area contributed by atoms with Crippen LogP contribution in [0.3, 0.4) is 0 Å². The van der Waals surface area contributed by atoms with Crippen molar-refractivity contribution in [3.63, 3.8) is 0 Å². The number of ether oxygens (including phenoxy) is 2. The Kier molecular flexibility index (Phi) is 6.65. The van der Waals surface area contributed by atoms with Gasteiger partial charge in [0.1, 0.15) is 5.41 Å². The molecule has 6 heteroatoms. The summed E-state index contributed by atoms with van der Waals surface area (Å²) < 4.78 is 15.2. The van der Waals surface area contributed by atoms with E-state index in [0.29, 0.717) is 23.2 Å². The van der Waals surface area contributed by atoms with Crippen LogP contribution in [0.25, 0.3) is 72.3 Å². The van der Waals surface area contributed by atoms with Crippen molar-refractivity contribution in [2.24, 2.45) is 0 Å². The number of fused-ring (bicyclic) bond motifs is 12. The summed E-state index contributed by atoms with van der Waals surface area (Å²) in [5.74, 6) is 4.93. The molecule has 0 amide bonds. The second kappa shape index (κ2) is 11.9. The van der Waals surface area contributed by atoms with Crippen LogP contribution in [0.2, 0.25) is 0 Å². The molecule has 1 aliphatic heterocycles. The van der Waals surface area contributed by atoms with Crippen molar-refractivity contribution < 1.29 is 9.47 Å². The average molecular weight is 736 g/mol. The molecule has 0 fully saturated rings. The van der Waals surface area contributed by atoms with E-state index in [-0.39, 0.29) is 0 Å². The van der Waals surface area contributed by atoms with Gasteiger partial charge in [-0.05, 0) is 57.6 Å². The fourth-order valence-corrected chi connectivity index (χ4v) is 10.2. The van der Waals surface area contributed by atoms with Gasteiger partial charge in [0.2, 0.25) is 0 Å². The zero-order chi connectivity index (χ0) is 36.8. The van der Waals surface area contributed by atoms with Crippen LogP contribution in [0.4, 0.5) is 0 Å². The van der Waals surface area contributed by atoms with Gasteiger partial charge in [0, 0.05) is 37.2 Å². The molecule has 0 N–H and O–H groups in total. The predicted octanol–water partition coefficient (Wildman–Crippen LogP) is 12.2. The molecule has 2 aliphatic carbocycles. The van der Waals surface area contributed by atoms with E-state index in [2.05, 4.69) is 84.9 Å². The van der Waals surface area contributed by atoms with Crippen molar-refractivity contribution in [1.82, 2.24) is 15.0 Å². The fourth-order valence-electron chi connectivity index (χ4n) is 8.78. The van der Waals surface area contributed by atoms with E-state index in [1.54, 1.807) is 0 Å². The molecule has 0 atom stereocenters. The molecule has 56 heavy (non-hydrogen) atoms. The van der Waals surface area contributed by atoms with Gasteiger partial charge < -0.3 is 9.47 Å². The van der Waals surface area contributed by atoms with Crippen molar-refractivity contribution in [3.8, 4) is 67.9 Å². The summed E-state index contributed by atoms with van der Waals surface area (Å²) in [5.41, 5.74) is 10.2. The molecule has 262 valence electrons. The second-order valence-electron chi connectivity index (χ2n) is 14.3. The van der Waals surface area contributed by atoms with Crippen molar-refractivity contribution in [3.05, 3.63) is 203 Å². The molecule has 3 heterocycles. The Hall–Kier alpha value is -7.15. The Morgan fingerprint density at radius 2 is 0.946 bits per heavy atom. The minimum absolute atomic E-state index is 0.618. The highest BCUT2D eigenvalue weighted by atomic mass is 32.1. The first-order valence-corrected chi connectivity index (χ1v) is 19.5. The molecule has 12 rings (SSSR count). The van der Waals surface area contributed by atoms with Crippen molar-refractivity contribution in [2.45, 2.75) is 5.41 Å². The summed E-state index contributed by atoms with van der Waals surface area (Å²) in [5, 5.41) is 1.12. The normalized spacial score (nSPS) is 14.1. The van der Waals surface area contributed by atoms with Crippen LogP contribution in [0, 0.1) is 0 Å². The summed E-state index contributed by atoms with van der Waals surface area (Å²) in [6.07, 6.45) is 0. The van der Waals surface area contributed by atoms with Gasteiger partial charge in [0.15, 0.2) is 40.5 Å². The van der Waals surface area contributed by atoms with Crippen LogP contribution >= 0.6 is 11.3 Å². The maximum atomic E-state index is 7.02. The largest absolute Gasteiger partial charge is 0.452 e. The Morgan fingerprint density at radius 1 is 0.429 bits per heavy atom. The van der Waals surface area contributed by atoms with Crippen molar-refractivity contribution in [2.75, 3.05) is 0 Å². The van der Waals surface area contributed by atoms with Crippen LogP contribution in [-0.2, 0) is 5.41 Å². The van der Waals surface area contributed by atoms with Crippen LogP contribution in [0.1, 0.15) is 21.6 Å². The molecule has 2 aromatic heterocycles. The maximum Gasteiger partial charge on any atom is 0.176 e. The minimum atomic E-state index is -0.653. The van der Waals surface area contributed by atoms with Gasteiger partial charge in [-0.15, -0.1) is 11.3 Å². The average Bonchev–Trinajstić information content (AvgIpc) is 3.89. The van der Waals surface area contributed by atoms with Crippen molar-refractivity contribution in [1.29, 1.82) is 0 Å². The third-order valence-corrected chi connectivity index (χ3v) is 12.5. The number of para-hydroxylation sites is 2. The van der Waals surface area contributed by atoms with Crippen LogP contribution in [0.15, 0.2) is 182 Å². The van der Waals surface area contributed by atoms with Gasteiger partial charge >= 0.3 is 0 Å². The smallest absolute Gasteiger partial charge is 0.176 e. The van der Waals surface area contributed by atoms with E-state index in [0.717, 1.165) is 56.0 Å². The first-order valence-electron chi connectivity index (χ1n) is 18.7. The SMILES string of the molecule is c1ccc(-c2nc(-c3ccccc3)nc(-c3ccccc3-c3ccc4sc5c(c4c3)C3=C(Oc4ccccc4O3)C53c4ccccc4-c4ccccc43)n2)cc1. The number of hydrogen-bond donors (Lipinski definition) is 0. The number of thiophene rings is 1. The fraction of sp³-hybridized carbons (Fsp3) is 0.0200. The van der Waals surface area contributed by atoms with E-state index >= 15 is 0 Å². The molecule has 0 saturated carbocycles. The zero-order valence-electron chi connectivity index (χ0n) is 29.8. The minimum Gasteiger partial charge on any atom is -0.452 e. The van der Waals surface area contributed by atoms with E-state index in [1.165, 1.54) is 31.8 Å². The number of rotatable bonds is 4. The van der Waals surface area contributed by atoms with E-state index in [4.69, 9.17) is 24.4 Å². The lowest BCUT2D eigenvalue weighted by molar-refractivity contribution is 0.317. The highest BCUT2D eigenvalue weighted by Gasteiger charge is 2.58. The number of aromatic nitrogens is 3. The van der Waals surface area contributed by atoms with Gasteiger partial charge in [-0.1, -0.05) is 152 Å². The molecule has 5 nitrogen and oxygen atoms in total. The van der Waals surface area contributed by atoms with Gasteiger partial charge in [-0.25, -0.2) is 15.0 Å². The quantitative estimate of drug-likeness (QED) is 0.180. The molecule has 1 spiro atoms. The summed E-state index contributed by atoms with van der Waals surface area (Å²) in [4.78, 5) is 16.4. The Morgan fingerprint density at radius 3 is 1.59 bits per heavy atom. The standard InChI is InChI=1S/C50H29N3O2S/c1-3-15-30(16-4-1)47-51-48(31-17-5-2-6-18-31)53-49(52-47)36-22-8-7-19-33(36)32-27-28-42-37(29-32)43-44-45(55-41-26-14-13-25-40(41)54-44)50(46(43)56-42)38-23-11-9-20-34(38)35-21-10-12-24-39(35)50/h1-29H. The van der Waals surface area contributed by atoms with Crippen LogP contribution in [-0.4, -0.2) is 15.0 Å². The number of hydrogen-bond acceptors (Lipinski definition) is 6. The Balaban J connectivity index is 1.08. The molecule has 3 aliphatic rings. The van der Waals surface area contributed by atoms with E-state index in [9.17, 15) is 0 Å². The van der Waals surface area contributed by atoms with E-state index in [1.807, 2.05) is 102 Å². The number of nitrogens with zero attached hydrogens (tertiary/aromatic N) is 3. The molecule has 0 saturated heterocycles.